The van der Waals surface area contributed by atoms with Crippen LogP contribution in [0.3, 0.4) is 0 Å². The number of hydrazone groups is 1. The van der Waals surface area contributed by atoms with Crippen LogP contribution >= 0.6 is 0 Å². The minimum absolute atomic E-state index is 0.101. The van der Waals surface area contributed by atoms with Crippen molar-refractivity contribution < 1.29 is 14.3 Å². The molecule has 5 rings (SSSR count). The summed E-state index contributed by atoms with van der Waals surface area (Å²) in [6, 6.07) is 14.7. The van der Waals surface area contributed by atoms with Gasteiger partial charge in [-0.2, -0.15) is 5.10 Å². The van der Waals surface area contributed by atoms with Crippen LogP contribution in [0, 0.1) is 6.92 Å². The first-order valence-electron chi connectivity index (χ1n) is 10.6. The summed E-state index contributed by atoms with van der Waals surface area (Å²) < 4.78 is 12.3. The highest BCUT2D eigenvalue weighted by Crippen LogP contribution is 2.52. The van der Waals surface area contributed by atoms with Crippen LogP contribution in [-0.2, 0) is 4.79 Å². The van der Waals surface area contributed by atoms with E-state index in [0.717, 1.165) is 34.8 Å². The van der Waals surface area contributed by atoms with E-state index in [1.165, 1.54) is 5.56 Å². The molecule has 2 aromatic rings. The summed E-state index contributed by atoms with van der Waals surface area (Å²) in [7, 11) is 1.68. The van der Waals surface area contributed by atoms with E-state index >= 15 is 0 Å². The number of rotatable bonds is 2. The number of carbonyl (C=O) groups excluding carboxylic acids is 1. The van der Waals surface area contributed by atoms with Crippen LogP contribution in [0.25, 0.3) is 0 Å². The summed E-state index contributed by atoms with van der Waals surface area (Å²) in [5, 5.41) is 7.26. The molecule has 1 fully saturated rings. The topological polar surface area (TPSA) is 54.4 Å². The summed E-state index contributed by atoms with van der Waals surface area (Å²) in [6.07, 6.45) is 2.25. The average Bonchev–Trinajstić information content (AvgIpc) is 3.21. The largest absolute Gasteiger partial charge is 0.493 e. The molecule has 1 saturated heterocycles. The molecular weight excluding hydrogens is 378 g/mol. The summed E-state index contributed by atoms with van der Waals surface area (Å²) in [6.45, 7) is 5.05. The molecule has 2 aromatic carbocycles. The third-order valence-corrected chi connectivity index (χ3v) is 6.58. The molecule has 30 heavy (non-hydrogen) atoms. The number of amides is 1. The lowest BCUT2D eigenvalue weighted by molar-refractivity contribution is -0.159. The lowest BCUT2D eigenvalue weighted by Gasteiger charge is -2.51. The second-order valence-corrected chi connectivity index (χ2v) is 8.41. The van der Waals surface area contributed by atoms with Gasteiger partial charge in [0.25, 0.3) is 0 Å². The van der Waals surface area contributed by atoms with Crippen LogP contribution in [0.1, 0.15) is 48.9 Å². The minimum Gasteiger partial charge on any atom is -0.493 e. The van der Waals surface area contributed by atoms with Gasteiger partial charge in [-0.15, -0.1) is 0 Å². The van der Waals surface area contributed by atoms with E-state index in [2.05, 4.69) is 42.3 Å². The first-order valence-corrected chi connectivity index (χ1v) is 10.6. The summed E-state index contributed by atoms with van der Waals surface area (Å²) >= 11 is 0. The quantitative estimate of drug-likeness (QED) is 0.761. The Kier molecular flexibility index (Phi) is 4.45. The van der Waals surface area contributed by atoms with Crippen LogP contribution in [0.5, 0.6) is 11.5 Å². The van der Waals surface area contributed by atoms with Gasteiger partial charge < -0.3 is 14.4 Å². The minimum atomic E-state index is -0.565. The lowest BCUT2D eigenvalue weighted by atomic mass is 9.90. The zero-order valence-corrected chi connectivity index (χ0v) is 17.7. The number of para-hydroxylation sites is 1. The van der Waals surface area contributed by atoms with Gasteiger partial charge in [0, 0.05) is 44.8 Å². The predicted molar refractivity (Wildman–Crippen MR) is 115 cm³/mol. The summed E-state index contributed by atoms with van der Waals surface area (Å²) in [5.41, 5.74) is 4.01. The maximum Gasteiger partial charge on any atom is 0.219 e. The number of nitrogens with zero attached hydrogens (tertiary/aromatic N) is 3. The molecule has 3 aliphatic rings. The van der Waals surface area contributed by atoms with E-state index in [-0.39, 0.29) is 11.9 Å². The van der Waals surface area contributed by atoms with Gasteiger partial charge in [-0.05, 0) is 18.6 Å². The van der Waals surface area contributed by atoms with Crippen molar-refractivity contribution in [2.24, 2.45) is 5.10 Å². The molecule has 1 amide bonds. The number of piperidine rings is 1. The number of hydrogen-bond acceptors (Lipinski definition) is 5. The summed E-state index contributed by atoms with van der Waals surface area (Å²) in [4.78, 5) is 13.8. The fraction of sp³-hybridized carbons (Fsp3) is 0.417. The molecule has 3 aliphatic heterocycles. The van der Waals surface area contributed by atoms with E-state index in [4.69, 9.17) is 14.6 Å². The third kappa shape index (κ3) is 2.93. The lowest BCUT2D eigenvalue weighted by Crippen LogP contribution is -2.59. The van der Waals surface area contributed by atoms with Gasteiger partial charge in [0.15, 0.2) is 11.5 Å². The van der Waals surface area contributed by atoms with Crippen molar-refractivity contribution in [2.45, 2.75) is 44.9 Å². The Morgan fingerprint density at radius 2 is 1.90 bits per heavy atom. The molecule has 0 aromatic heterocycles. The van der Waals surface area contributed by atoms with Crippen LogP contribution in [0.15, 0.2) is 47.6 Å². The van der Waals surface area contributed by atoms with Gasteiger partial charge in [-0.1, -0.05) is 42.0 Å². The Morgan fingerprint density at radius 1 is 1.17 bits per heavy atom. The number of methoxy groups -OCH3 is 1. The van der Waals surface area contributed by atoms with E-state index in [1.54, 1.807) is 14.0 Å². The number of hydrogen-bond donors (Lipinski definition) is 0. The normalized spacial score (nSPS) is 21.6. The van der Waals surface area contributed by atoms with Gasteiger partial charge in [0.2, 0.25) is 11.6 Å². The highest BCUT2D eigenvalue weighted by molar-refractivity contribution is 6.02. The van der Waals surface area contributed by atoms with Gasteiger partial charge >= 0.3 is 0 Å². The Morgan fingerprint density at radius 3 is 2.57 bits per heavy atom. The first kappa shape index (κ1) is 19.0. The number of benzene rings is 2. The zero-order chi connectivity index (χ0) is 20.9. The number of aryl methyl sites for hydroxylation is 1. The second kappa shape index (κ2) is 7.04. The van der Waals surface area contributed by atoms with Crippen molar-refractivity contribution in [3.05, 3.63) is 59.2 Å². The maximum absolute atomic E-state index is 11.9. The van der Waals surface area contributed by atoms with Gasteiger partial charge in [0.1, 0.15) is 0 Å². The molecule has 0 radical (unpaired) electrons. The molecule has 0 bridgehead atoms. The van der Waals surface area contributed by atoms with Crippen LogP contribution in [-0.4, -0.2) is 47.5 Å². The molecule has 1 spiro atoms. The molecule has 0 aliphatic carbocycles. The van der Waals surface area contributed by atoms with Gasteiger partial charge in [0.05, 0.1) is 18.9 Å². The fourth-order valence-corrected chi connectivity index (χ4v) is 4.85. The molecule has 0 N–H and O–H groups in total. The van der Waals surface area contributed by atoms with E-state index in [0.29, 0.717) is 25.9 Å². The van der Waals surface area contributed by atoms with Crippen molar-refractivity contribution in [1.82, 2.24) is 9.91 Å². The highest BCUT2D eigenvalue weighted by atomic mass is 16.5. The summed E-state index contributed by atoms with van der Waals surface area (Å²) in [5.74, 6) is 1.68. The number of carbonyl (C=O) groups is 1. The molecule has 6 heteroatoms. The van der Waals surface area contributed by atoms with Crippen molar-refractivity contribution in [3.8, 4) is 11.5 Å². The van der Waals surface area contributed by atoms with Crippen LogP contribution < -0.4 is 9.47 Å². The SMILES string of the molecule is COc1cccc2c1OC1(CCN(C(C)=O)CC1)N1N=C(c3ccc(C)cc3)CC21. The van der Waals surface area contributed by atoms with Gasteiger partial charge in [-0.25, -0.2) is 5.01 Å². The highest BCUT2D eigenvalue weighted by Gasteiger charge is 2.52. The molecular formula is C24H27N3O3. The zero-order valence-electron chi connectivity index (χ0n) is 17.7. The Balaban J connectivity index is 1.57. The molecule has 0 saturated carbocycles. The molecule has 1 atom stereocenters. The molecule has 1 unspecified atom stereocenters. The monoisotopic (exact) mass is 405 g/mol. The smallest absolute Gasteiger partial charge is 0.219 e. The molecule has 3 heterocycles. The Bertz CT molecular complexity index is 1010. The fourth-order valence-electron chi connectivity index (χ4n) is 4.85. The average molecular weight is 405 g/mol. The third-order valence-electron chi connectivity index (χ3n) is 6.58. The maximum atomic E-state index is 11.9. The van der Waals surface area contributed by atoms with Crippen molar-refractivity contribution in [3.63, 3.8) is 0 Å². The Hall–Kier alpha value is -3.02. The van der Waals surface area contributed by atoms with Crippen molar-refractivity contribution in [1.29, 1.82) is 0 Å². The number of fused-ring (bicyclic) bond motifs is 4. The van der Waals surface area contributed by atoms with Crippen LogP contribution in [0.2, 0.25) is 0 Å². The van der Waals surface area contributed by atoms with Crippen molar-refractivity contribution in [2.75, 3.05) is 20.2 Å². The van der Waals surface area contributed by atoms with Crippen molar-refractivity contribution >= 4 is 11.6 Å². The predicted octanol–water partition coefficient (Wildman–Crippen LogP) is 3.89. The van der Waals surface area contributed by atoms with E-state index in [9.17, 15) is 4.79 Å². The van der Waals surface area contributed by atoms with E-state index in [1.807, 2.05) is 17.0 Å². The van der Waals surface area contributed by atoms with Crippen LogP contribution in [0.4, 0.5) is 0 Å². The first-order chi connectivity index (χ1) is 14.5. The molecule has 6 nitrogen and oxygen atoms in total. The number of likely N-dealkylation sites (tertiary alicyclic amines) is 1. The second-order valence-electron chi connectivity index (χ2n) is 8.41. The molecule has 156 valence electrons. The number of ether oxygens (including phenoxy) is 2. The van der Waals surface area contributed by atoms with E-state index < -0.39 is 5.72 Å². The standard InChI is InChI=1S/C24H27N3O3/c1-16-7-9-18(10-8-16)20-15-21-19-5-4-6-22(29-3)23(19)30-24(27(21)25-20)11-13-26(14-12-24)17(2)28/h4-10,21H,11-15H2,1-3H3. The Labute approximate surface area is 177 Å². The van der Waals surface area contributed by atoms with Gasteiger partial charge in [-0.3, -0.25) is 4.79 Å².